The van der Waals surface area contributed by atoms with E-state index in [1.54, 1.807) is 26.0 Å². The summed E-state index contributed by atoms with van der Waals surface area (Å²) in [6.07, 6.45) is 0. The number of hydrogen-bond donors (Lipinski definition) is 2. The Bertz CT molecular complexity index is 1340. The summed E-state index contributed by atoms with van der Waals surface area (Å²) in [5.74, 6) is -3.59. The van der Waals surface area contributed by atoms with Gasteiger partial charge in [0.05, 0.1) is 0 Å². The van der Waals surface area contributed by atoms with Crippen LogP contribution in [0.2, 0.25) is 0 Å². The lowest BCUT2D eigenvalue weighted by Gasteiger charge is -2.18. The zero-order valence-electron chi connectivity index (χ0n) is 18.6. The third-order valence-corrected chi connectivity index (χ3v) is 6.39. The second-order valence-electron chi connectivity index (χ2n) is 7.53. The molecule has 0 heterocycles. The second-order valence-corrected chi connectivity index (χ2v) is 9.04. The molecule has 0 fully saturated rings. The minimum atomic E-state index is -4.10. The number of aryl methyl sites for hydroxylation is 2. The minimum Gasteiger partial charge on any atom is -0.379 e. The molecular formula is C24H22F2N2O5S. The zero-order chi connectivity index (χ0) is 25.0. The monoisotopic (exact) mass is 488 g/mol. The van der Waals surface area contributed by atoms with E-state index in [1.807, 2.05) is 0 Å². The van der Waals surface area contributed by atoms with Crippen molar-refractivity contribution in [2.45, 2.75) is 24.8 Å². The lowest BCUT2D eigenvalue weighted by Crippen LogP contribution is -2.39. The highest BCUT2D eigenvalue weighted by Crippen LogP contribution is 2.23. The highest BCUT2D eigenvalue weighted by Gasteiger charge is 2.24. The molecule has 0 saturated heterocycles. The van der Waals surface area contributed by atoms with Crippen LogP contribution < -0.4 is 14.8 Å². The molecule has 0 aliphatic carbocycles. The molecule has 0 bridgehead atoms. The van der Waals surface area contributed by atoms with Gasteiger partial charge in [-0.15, -0.1) is 0 Å². The Morgan fingerprint density at radius 2 is 1.59 bits per heavy atom. The molecule has 1 atom stereocenters. The van der Waals surface area contributed by atoms with Crippen molar-refractivity contribution in [3.63, 3.8) is 0 Å². The number of nitrogens with one attached hydrogen (secondary N) is 2. The fourth-order valence-electron chi connectivity index (χ4n) is 3.16. The predicted octanol–water partition coefficient (Wildman–Crippen LogP) is 3.57. The number of hydrogen-bond acceptors (Lipinski definition) is 5. The fraction of sp³-hybridized carbons (Fsp3) is 0.167. The Morgan fingerprint density at radius 3 is 2.21 bits per heavy atom. The summed E-state index contributed by atoms with van der Waals surface area (Å²) < 4.78 is 57.4. The van der Waals surface area contributed by atoms with Crippen LogP contribution in [0.4, 0.5) is 8.78 Å². The van der Waals surface area contributed by atoms with Crippen molar-refractivity contribution >= 4 is 21.9 Å². The average molecular weight is 489 g/mol. The number of amides is 2. The molecule has 34 heavy (non-hydrogen) atoms. The van der Waals surface area contributed by atoms with E-state index in [0.29, 0.717) is 5.56 Å². The van der Waals surface area contributed by atoms with Gasteiger partial charge in [0.15, 0.2) is 11.6 Å². The van der Waals surface area contributed by atoms with Gasteiger partial charge in [0.2, 0.25) is 5.91 Å². The van der Waals surface area contributed by atoms with E-state index in [9.17, 15) is 26.8 Å². The van der Waals surface area contributed by atoms with Crippen molar-refractivity contribution in [1.29, 1.82) is 0 Å². The Hall–Kier alpha value is -3.79. The molecule has 0 saturated carbocycles. The summed E-state index contributed by atoms with van der Waals surface area (Å²) in [7, 11) is -2.76. The van der Waals surface area contributed by atoms with E-state index < -0.39 is 39.6 Å². The standard InChI is InChI=1S/C24H22F2N2O5S/c1-14-4-5-15(2)21(12-14)34(31,32)33-18-9-6-16(7-10-18)23(29)28-22(24(30)27-3)17-8-11-19(25)20(26)13-17/h4-13,22H,1-3H3,(H,27,30)(H,28,29). The van der Waals surface area contributed by atoms with Gasteiger partial charge in [-0.1, -0.05) is 18.2 Å². The number of rotatable bonds is 7. The number of likely N-dealkylation sites (N-methyl/N-ethyl adjacent to an activating group) is 1. The van der Waals surface area contributed by atoms with Crippen molar-refractivity contribution < 1.29 is 31.0 Å². The second kappa shape index (κ2) is 10.0. The van der Waals surface area contributed by atoms with Crippen LogP contribution in [0.5, 0.6) is 5.75 Å². The van der Waals surface area contributed by atoms with E-state index in [1.165, 1.54) is 43.4 Å². The molecule has 0 aliphatic heterocycles. The summed E-state index contributed by atoms with van der Waals surface area (Å²) in [6.45, 7) is 3.41. The maximum Gasteiger partial charge on any atom is 0.339 e. The Labute approximate surface area is 195 Å². The SMILES string of the molecule is CNC(=O)C(NC(=O)c1ccc(OS(=O)(=O)c2cc(C)ccc2C)cc1)c1ccc(F)c(F)c1. The summed E-state index contributed by atoms with van der Waals surface area (Å²) >= 11 is 0. The highest BCUT2D eigenvalue weighted by molar-refractivity contribution is 7.87. The Balaban J connectivity index is 1.79. The van der Waals surface area contributed by atoms with Crippen LogP contribution >= 0.6 is 0 Å². The number of benzene rings is 3. The summed E-state index contributed by atoms with van der Waals surface area (Å²) in [5, 5.41) is 4.81. The normalized spacial score (nSPS) is 12.0. The molecule has 178 valence electrons. The van der Waals surface area contributed by atoms with E-state index in [2.05, 4.69) is 10.6 Å². The molecule has 0 aromatic heterocycles. The molecule has 1 unspecified atom stereocenters. The first-order valence-electron chi connectivity index (χ1n) is 10.1. The van der Waals surface area contributed by atoms with Gasteiger partial charge in [-0.2, -0.15) is 8.42 Å². The fourth-order valence-corrected chi connectivity index (χ4v) is 4.41. The topological polar surface area (TPSA) is 102 Å². The molecule has 2 amide bonds. The predicted molar refractivity (Wildman–Crippen MR) is 121 cm³/mol. The van der Waals surface area contributed by atoms with E-state index >= 15 is 0 Å². The van der Waals surface area contributed by atoms with Crippen molar-refractivity contribution in [3.05, 3.63) is 94.6 Å². The van der Waals surface area contributed by atoms with Crippen molar-refractivity contribution in [1.82, 2.24) is 10.6 Å². The first-order valence-corrected chi connectivity index (χ1v) is 11.5. The third kappa shape index (κ3) is 5.57. The Kier molecular flexibility index (Phi) is 7.31. The summed E-state index contributed by atoms with van der Waals surface area (Å²) in [6, 6.07) is 11.8. The molecule has 0 aliphatic rings. The van der Waals surface area contributed by atoms with Gasteiger partial charge < -0.3 is 14.8 Å². The molecule has 2 N–H and O–H groups in total. The van der Waals surface area contributed by atoms with Crippen molar-refractivity contribution in [3.8, 4) is 5.75 Å². The maximum absolute atomic E-state index is 13.6. The van der Waals surface area contributed by atoms with Crippen LogP contribution in [0.1, 0.15) is 33.1 Å². The van der Waals surface area contributed by atoms with Gasteiger partial charge in [0.25, 0.3) is 5.91 Å². The van der Waals surface area contributed by atoms with Crippen LogP contribution in [0, 0.1) is 25.5 Å². The maximum atomic E-state index is 13.6. The number of halogens is 2. The van der Waals surface area contributed by atoms with Gasteiger partial charge in [-0.05, 0) is 73.0 Å². The van der Waals surface area contributed by atoms with Crippen LogP contribution in [-0.2, 0) is 14.9 Å². The van der Waals surface area contributed by atoms with Gasteiger partial charge in [-0.3, -0.25) is 9.59 Å². The quantitative estimate of drug-likeness (QED) is 0.495. The van der Waals surface area contributed by atoms with Gasteiger partial charge in [-0.25, -0.2) is 8.78 Å². The summed E-state index contributed by atoms with van der Waals surface area (Å²) in [4.78, 5) is 25.0. The molecule has 10 heteroatoms. The first-order chi connectivity index (χ1) is 16.0. The van der Waals surface area contributed by atoms with E-state index in [0.717, 1.165) is 17.7 Å². The largest absolute Gasteiger partial charge is 0.379 e. The number of carbonyl (C=O) groups excluding carboxylic acids is 2. The first kappa shape index (κ1) is 24.8. The van der Waals surface area contributed by atoms with Crippen LogP contribution in [-0.4, -0.2) is 27.3 Å². The molecule has 3 rings (SSSR count). The lowest BCUT2D eigenvalue weighted by atomic mass is 10.0. The number of carbonyl (C=O) groups is 2. The Morgan fingerprint density at radius 1 is 0.912 bits per heavy atom. The minimum absolute atomic E-state index is 0.0130. The van der Waals surface area contributed by atoms with E-state index in [4.69, 9.17) is 4.18 Å². The summed E-state index contributed by atoms with van der Waals surface area (Å²) in [5.41, 5.74) is 1.42. The van der Waals surface area contributed by atoms with Gasteiger partial charge >= 0.3 is 10.1 Å². The highest BCUT2D eigenvalue weighted by atomic mass is 32.2. The zero-order valence-corrected chi connectivity index (χ0v) is 19.4. The molecule has 3 aromatic carbocycles. The third-order valence-electron chi connectivity index (χ3n) is 5.00. The lowest BCUT2D eigenvalue weighted by molar-refractivity contribution is -0.122. The van der Waals surface area contributed by atoms with E-state index in [-0.39, 0.29) is 21.8 Å². The van der Waals surface area contributed by atoms with Crippen LogP contribution in [0.15, 0.2) is 65.6 Å². The van der Waals surface area contributed by atoms with Crippen molar-refractivity contribution in [2.24, 2.45) is 0 Å². The smallest absolute Gasteiger partial charge is 0.339 e. The van der Waals surface area contributed by atoms with Gasteiger partial charge in [0.1, 0.15) is 16.7 Å². The molecule has 7 nitrogen and oxygen atoms in total. The molecule has 0 radical (unpaired) electrons. The molecule has 3 aromatic rings. The van der Waals surface area contributed by atoms with Crippen molar-refractivity contribution in [2.75, 3.05) is 7.05 Å². The van der Waals surface area contributed by atoms with Gasteiger partial charge in [0, 0.05) is 12.6 Å². The van der Waals surface area contributed by atoms with Crippen LogP contribution in [0.3, 0.4) is 0 Å². The molecule has 0 spiro atoms. The van der Waals surface area contributed by atoms with Crippen LogP contribution in [0.25, 0.3) is 0 Å². The molecular weight excluding hydrogens is 466 g/mol. The average Bonchev–Trinajstić information content (AvgIpc) is 2.80.